The highest BCUT2D eigenvalue weighted by Crippen LogP contribution is 2.21. The molecular formula is C8H5F2N2S. The average Bonchev–Trinajstić information content (AvgIpc) is 2.74. The summed E-state index contributed by atoms with van der Waals surface area (Å²) in [4.78, 5) is 0. The van der Waals surface area contributed by atoms with Crippen LogP contribution in [0.4, 0.5) is 8.78 Å². The molecule has 0 N–H and O–H groups in total. The Balaban J connectivity index is 2.46. The van der Waals surface area contributed by atoms with Crippen molar-refractivity contribution in [1.82, 2.24) is 9.78 Å². The van der Waals surface area contributed by atoms with E-state index in [1.165, 1.54) is 22.2 Å². The van der Waals surface area contributed by atoms with Crippen molar-refractivity contribution >= 4 is 11.3 Å². The molecule has 2 nitrogen and oxygen atoms in total. The second-order valence-electron chi connectivity index (χ2n) is 2.37. The number of rotatable bonds is 2. The first-order valence-electron chi connectivity index (χ1n) is 3.55. The average molecular weight is 199 g/mol. The van der Waals surface area contributed by atoms with Crippen molar-refractivity contribution in [1.29, 1.82) is 0 Å². The van der Waals surface area contributed by atoms with Crippen LogP contribution in [0.5, 0.6) is 0 Å². The summed E-state index contributed by atoms with van der Waals surface area (Å²) in [5.41, 5.74) is 0.458. The molecule has 0 spiro atoms. The van der Waals surface area contributed by atoms with Crippen molar-refractivity contribution in [3.8, 4) is 5.69 Å². The van der Waals surface area contributed by atoms with E-state index in [0.29, 0.717) is 5.69 Å². The van der Waals surface area contributed by atoms with Crippen LogP contribution in [-0.4, -0.2) is 9.78 Å². The van der Waals surface area contributed by atoms with E-state index in [0.717, 1.165) is 0 Å². The summed E-state index contributed by atoms with van der Waals surface area (Å²) in [6.45, 7) is 0. The Kier molecular flexibility index (Phi) is 2.10. The first kappa shape index (κ1) is 8.37. The molecule has 0 aliphatic rings. The molecule has 0 atom stereocenters. The highest BCUT2D eigenvalue weighted by molar-refractivity contribution is 7.08. The molecule has 0 unspecified atom stereocenters. The first-order valence-corrected chi connectivity index (χ1v) is 4.49. The molecule has 0 bridgehead atoms. The van der Waals surface area contributed by atoms with Crippen molar-refractivity contribution in [2.24, 2.45) is 0 Å². The second-order valence-corrected chi connectivity index (χ2v) is 3.15. The predicted octanol–water partition coefficient (Wildman–Crippen LogP) is 2.67. The third-order valence-electron chi connectivity index (χ3n) is 1.57. The van der Waals surface area contributed by atoms with Crippen LogP contribution < -0.4 is 0 Å². The van der Waals surface area contributed by atoms with Gasteiger partial charge in [-0.05, 0) is 11.4 Å². The lowest BCUT2D eigenvalue weighted by Gasteiger charge is -2.02. The molecule has 5 heteroatoms. The molecular weight excluding hydrogens is 194 g/mol. The number of aromatic nitrogens is 2. The fourth-order valence-corrected chi connectivity index (χ4v) is 1.63. The van der Waals surface area contributed by atoms with E-state index in [1.54, 1.807) is 11.4 Å². The van der Waals surface area contributed by atoms with E-state index >= 15 is 0 Å². The minimum atomic E-state index is -2.54. The van der Waals surface area contributed by atoms with Gasteiger partial charge in [0, 0.05) is 11.4 Å². The van der Waals surface area contributed by atoms with E-state index in [-0.39, 0.29) is 5.69 Å². The predicted molar refractivity (Wildman–Crippen MR) is 45.2 cm³/mol. The molecule has 0 aromatic carbocycles. The van der Waals surface area contributed by atoms with Gasteiger partial charge in [0.1, 0.15) is 5.69 Å². The molecule has 67 valence electrons. The van der Waals surface area contributed by atoms with Crippen molar-refractivity contribution in [3.05, 3.63) is 34.8 Å². The SMILES string of the molecule is FC(F)c1[c]cnn1-c1ccsc1. The van der Waals surface area contributed by atoms with Crippen molar-refractivity contribution in [3.63, 3.8) is 0 Å². The molecule has 0 saturated carbocycles. The fraction of sp³-hybridized carbons (Fsp3) is 0.125. The number of nitrogens with zero attached hydrogens (tertiary/aromatic N) is 2. The van der Waals surface area contributed by atoms with Crippen LogP contribution in [-0.2, 0) is 0 Å². The Labute approximate surface area is 77.4 Å². The van der Waals surface area contributed by atoms with E-state index in [1.807, 2.05) is 5.38 Å². The lowest BCUT2D eigenvalue weighted by Crippen LogP contribution is -2.00. The third kappa shape index (κ3) is 1.47. The van der Waals surface area contributed by atoms with Gasteiger partial charge in [-0.1, -0.05) is 0 Å². The van der Waals surface area contributed by atoms with Gasteiger partial charge in [0.05, 0.1) is 11.9 Å². The van der Waals surface area contributed by atoms with Crippen LogP contribution in [0.1, 0.15) is 12.1 Å². The van der Waals surface area contributed by atoms with Crippen molar-refractivity contribution < 1.29 is 8.78 Å². The second kappa shape index (κ2) is 3.26. The summed E-state index contributed by atoms with van der Waals surface area (Å²) in [7, 11) is 0. The minimum Gasteiger partial charge on any atom is -0.230 e. The zero-order valence-electron chi connectivity index (χ0n) is 6.45. The maximum absolute atomic E-state index is 12.4. The van der Waals surface area contributed by atoms with Gasteiger partial charge in [0.15, 0.2) is 0 Å². The summed E-state index contributed by atoms with van der Waals surface area (Å²) in [5.74, 6) is 0. The van der Waals surface area contributed by atoms with Gasteiger partial charge in [-0.2, -0.15) is 16.4 Å². The lowest BCUT2D eigenvalue weighted by atomic mass is 10.4. The van der Waals surface area contributed by atoms with Crippen molar-refractivity contribution in [2.75, 3.05) is 0 Å². The molecule has 2 aromatic heterocycles. The van der Waals surface area contributed by atoms with Gasteiger partial charge < -0.3 is 0 Å². The molecule has 0 amide bonds. The molecule has 2 heterocycles. The number of hydrogen-bond donors (Lipinski definition) is 0. The Hall–Kier alpha value is -1.23. The summed E-state index contributed by atoms with van der Waals surface area (Å²) < 4.78 is 25.9. The van der Waals surface area contributed by atoms with E-state index < -0.39 is 6.43 Å². The molecule has 2 rings (SSSR count). The Morgan fingerprint density at radius 2 is 2.38 bits per heavy atom. The zero-order valence-corrected chi connectivity index (χ0v) is 7.26. The molecule has 2 aromatic rings. The topological polar surface area (TPSA) is 17.8 Å². The molecule has 0 aliphatic heterocycles. The molecule has 0 aliphatic carbocycles. The monoisotopic (exact) mass is 199 g/mol. The third-order valence-corrected chi connectivity index (χ3v) is 2.24. The molecule has 0 fully saturated rings. The van der Waals surface area contributed by atoms with Crippen LogP contribution in [0.3, 0.4) is 0 Å². The highest BCUT2D eigenvalue weighted by Gasteiger charge is 2.14. The van der Waals surface area contributed by atoms with Crippen molar-refractivity contribution in [2.45, 2.75) is 6.43 Å². The van der Waals surface area contributed by atoms with Gasteiger partial charge in [-0.15, -0.1) is 0 Å². The zero-order chi connectivity index (χ0) is 9.26. The molecule has 1 radical (unpaired) electrons. The normalized spacial score (nSPS) is 11.0. The van der Waals surface area contributed by atoms with Crippen LogP contribution in [0.2, 0.25) is 0 Å². The first-order chi connectivity index (χ1) is 6.29. The summed E-state index contributed by atoms with van der Waals surface area (Å²) in [6.07, 6.45) is -1.29. The fourth-order valence-electron chi connectivity index (χ4n) is 1.02. The smallest absolute Gasteiger partial charge is 0.230 e. The number of hydrogen-bond acceptors (Lipinski definition) is 2. The van der Waals surface area contributed by atoms with Gasteiger partial charge in [0.2, 0.25) is 0 Å². The summed E-state index contributed by atoms with van der Waals surface area (Å²) >= 11 is 1.44. The largest absolute Gasteiger partial charge is 0.281 e. The maximum atomic E-state index is 12.4. The summed E-state index contributed by atoms with van der Waals surface area (Å²) in [5, 5.41) is 7.34. The van der Waals surface area contributed by atoms with Gasteiger partial charge in [-0.25, -0.2) is 13.5 Å². The van der Waals surface area contributed by atoms with E-state index in [9.17, 15) is 8.78 Å². The molecule has 0 saturated heterocycles. The van der Waals surface area contributed by atoms with E-state index in [4.69, 9.17) is 0 Å². The van der Waals surface area contributed by atoms with Crippen LogP contribution >= 0.6 is 11.3 Å². The summed E-state index contributed by atoms with van der Waals surface area (Å²) in [6, 6.07) is 4.13. The van der Waals surface area contributed by atoms with Gasteiger partial charge >= 0.3 is 0 Å². The van der Waals surface area contributed by atoms with Crippen LogP contribution in [0.15, 0.2) is 23.0 Å². The Morgan fingerprint density at radius 3 is 3.00 bits per heavy atom. The highest BCUT2D eigenvalue weighted by atomic mass is 32.1. The quantitative estimate of drug-likeness (QED) is 0.727. The van der Waals surface area contributed by atoms with Crippen LogP contribution in [0, 0.1) is 6.07 Å². The minimum absolute atomic E-state index is 0.196. The van der Waals surface area contributed by atoms with E-state index in [2.05, 4.69) is 11.2 Å². The van der Waals surface area contributed by atoms with Crippen LogP contribution in [0.25, 0.3) is 5.69 Å². The number of alkyl halides is 2. The Morgan fingerprint density at radius 1 is 1.54 bits per heavy atom. The maximum Gasteiger partial charge on any atom is 0.281 e. The number of halogens is 2. The van der Waals surface area contributed by atoms with Gasteiger partial charge in [-0.3, -0.25) is 0 Å². The molecule has 13 heavy (non-hydrogen) atoms. The van der Waals surface area contributed by atoms with Gasteiger partial charge in [0.25, 0.3) is 6.43 Å². The number of thiophene rings is 1. The standard InChI is InChI=1S/C8H5F2N2S/c9-8(10)7-1-3-11-12(7)6-2-4-13-5-6/h2-5,8H. The Bertz CT molecular complexity index is 381. The lowest BCUT2D eigenvalue weighted by molar-refractivity contribution is 0.142.